The Bertz CT molecular complexity index is 8.00. The standard InChI is InChI=1S/Bi.In.Sb.H2Te.8H/h;;;1H2;;;;;;;;/q;;+1;;;;;;;;;/p-1. The summed E-state index contributed by atoms with van der Waals surface area (Å²) in [7, 11) is 0. The van der Waals surface area contributed by atoms with Crippen LogP contribution in [0.3, 0.4) is 0 Å². The van der Waals surface area contributed by atoms with E-state index < -0.39 is 0 Å². The van der Waals surface area contributed by atoms with Crippen molar-refractivity contribution in [2.24, 2.45) is 0 Å². The van der Waals surface area contributed by atoms with Gasteiger partial charge in [0.15, 0.2) is 0 Å². The molecule has 0 saturated heterocycles. The average molecular weight is 582 g/mol. The van der Waals surface area contributed by atoms with Crippen LogP contribution in [-0.4, -0.2) is 89.4 Å². The van der Waals surface area contributed by atoms with Crippen LogP contribution in [0.2, 0.25) is 0 Å². The van der Waals surface area contributed by atoms with Gasteiger partial charge in [-0.15, -0.1) is 0 Å². The summed E-state index contributed by atoms with van der Waals surface area (Å²) in [6.45, 7) is 0. The van der Waals surface area contributed by atoms with E-state index in [1.54, 1.807) is 0 Å². The Morgan fingerprint density at radius 2 is 1.25 bits per heavy atom. The van der Waals surface area contributed by atoms with Gasteiger partial charge in [-0.2, -0.15) is 0 Å². The maximum absolute atomic E-state index is 1.88. The predicted molar refractivity (Wildman–Crippen MR) is 35.6 cm³/mol. The van der Waals surface area contributed by atoms with Crippen LogP contribution in [0.1, 0.15) is 0 Å². The summed E-state index contributed by atoms with van der Waals surface area (Å²) in [5.74, 6) is 0. The molecule has 0 bridgehead atoms. The Kier molecular flexibility index (Phi) is 63.4. The molecular weight excluding hydrogens is 573 g/mol. The first-order valence-electron chi connectivity index (χ1n) is 0.258. The molecule has 0 fully saturated rings. The van der Waals surface area contributed by atoms with Crippen molar-refractivity contribution in [3.63, 3.8) is 0 Å². The zero-order valence-electron chi connectivity index (χ0n) is 1.73. The van der Waals surface area contributed by atoms with Gasteiger partial charge in [0.25, 0.3) is 0 Å². The van der Waals surface area contributed by atoms with Gasteiger partial charge in [0.1, 0.15) is 0 Å². The van der Waals surface area contributed by atoms with Gasteiger partial charge < -0.3 is 0 Å². The minimum absolute atomic E-state index is 0. The van der Waals surface area contributed by atoms with Crippen molar-refractivity contribution in [1.82, 2.24) is 0 Å². The monoisotopic (exact) mass is 584 g/mol. The first-order valence-corrected chi connectivity index (χ1v) is 11.6. The van der Waals surface area contributed by atoms with Crippen LogP contribution >= 0.6 is 0 Å². The van der Waals surface area contributed by atoms with E-state index in [0.29, 0.717) is 0 Å². The van der Waals surface area contributed by atoms with Gasteiger partial charge in [-0.1, -0.05) is 0 Å². The van der Waals surface area contributed by atoms with Crippen molar-refractivity contribution in [1.29, 1.82) is 0 Å². The van der Waals surface area contributed by atoms with Crippen molar-refractivity contribution in [3.05, 3.63) is 0 Å². The van der Waals surface area contributed by atoms with E-state index in [1.807, 2.05) is 18.2 Å². The Morgan fingerprint density at radius 1 is 1.25 bits per heavy atom. The zero-order chi connectivity index (χ0) is 2.00. The Labute approximate surface area is 87.2 Å². The molecule has 0 aliphatic rings. The number of hydrogen-bond acceptors (Lipinski definition) is 0. The molecule has 0 saturated carbocycles. The van der Waals surface area contributed by atoms with Crippen LogP contribution in [0.15, 0.2) is 0 Å². The number of hydrogen-bond donors (Lipinski definition) is 0. The third-order valence-corrected chi connectivity index (χ3v) is 0. The van der Waals surface area contributed by atoms with Gasteiger partial charge in [-0.05, 0) is 0 Å². The second-order valence-electron chi connectivity index (χ2n) is 0. The molecule has 0 aromatic rings. The third kappa shape index (κ3) is 9.03. The van der Waals surface area contributed by atoms with Crippen molar-refractivity contribution < 1.29 is 0 Å². The van der Waals surface area contributed by atoms with E-state index in [9.17, 15) is 0 Å². The van der Waals surface area contributed by atoms with E-state index in [1.165, 1.54) is 19.1 Å². The molecule has 28 valence electrons. The molecule has 4 heavy (non-hydrogen) atoms. The zero-order valence-corrected chi connectivity index (χ0v) is 13.1. The van der Waals surface area contributed by atoms with Crippen LogP contribution < -0.4 is 0 Å². The van der Waals surface area contributed by atoms with E-state index in [0.717, 1.165) is 0 Å². The fourth-order valence-corrected chi connectivity index (χ4v) is 0. The van der Waals surface area contributed by atoms with Gasteiger partial charge in [-0.3, -0.25) is 0 Å². The second kappa shape index (κ2) is 16.2. The van der Waals surface area contributed by atoms with Crippen LogP contribution in [0.4, 0.5) is 0 Å². The summed E-state index contributed by atoms with van der Waals surface area (Å²) < 4.78 is 0. The SMILES string of the molecule is [BiH3].[InH3].[SbH2][TeH]. The summed E-state index contributed by atoms with van der Waals surface area (Å²) >= 11 is 3.28. The third-order valence-electron chi connectivity index (χ3n) is 0. The Morgan fingerprint density at radius 3 is 1.25 bits per heavy atom. The Balaban J connectivity index is -0.00000000500. The first kappa shape index (κ1) is 15.7. The summed E-state index contributed by atoms with van der Waals surface area (Å²) in [5.41, 5.74) is 0. The fraction of sp³-hybridized carbons (Fsp3) is 0. The van der Waals surface area contributed by atoms with Crippen molar-refractivity contribution in [2.45, 2.75) is 0 Å². The molecule has 0 radical (unpaired) electrons. The van der Waals surface area contributed by atoms with Crippen molar-refractivity contribution in [2.75, 3.05) is 0 Å². The molecule has 0 aromatic carbocycles. The van der Waals surface area contributed by atoms with E-state index in [4.69, 9.17) is 0 Å². The minimum atomic E-state index is 0. The van der Waals surface area contributed by atoms with Gasteiger partial charge >= 0.3 is 89.4 Å². The van der Waals surface area contributed by atoms with Crippen LogP contribution in [0, 0.1) is 0 Å². The molecular formula is H9BiInSbTe. The topological polar surface area (TPSA) is 0 Å². The van der Waals surface area contributed by atoms with E-state index >= 15 is 0 Å². The maximum atomic E-state index is 1.88. The molecule has 0 aliphatic heterocycles. The van der Waals surface area contributed by atoms with Gasteiger partial charge in [-0.25, -0.2) is 0 Å². The van der Waals surface area contributed by atoms with Gasteiger partial charge in [0.2, 0.25) is 0 Å². The molecule has 0 rings (SSSR count). The van der Waals surface area contributed by atoms with Gasteiger partial charge in [0, 0.05) is 0 Å². The Hall–Kier alpha value is 3.36. The molecule has 4 heteroatoms. The summed E-state index contributed by atoms with van der Waals surface area (Å²) in [6.07, 6.45) is 0. The van der Waals surface area contributed by atoms with Crippen molar-refractivity contribution >= 4 is 89.4 Å². The molecule has 0 nitrogen and oxygen atoms in total. The van der Waals surface area contributed by atoms with Crippen molar-refractivity contribution in [3.8, 4) is 0 Å². The molecule has 0 unspecified atom stereocenters. The quantitative estimate of drug-likeness (QED) is 0.257. The predicted octanol–water partition coefficient (Wildman–Crippen LogP) is -3.93. The molecule has 0 N–H and O–H groups in total. The van der Waals surface area contributed by atoms with Crippen LogP contribution in [0.5, 0.6) is 0 Å². The fourth-order valence-electron chi connectivity index (χ4n) is 0. The summed E-state index contributed by atoms with van der Waals surface area (Å²) in [5, 5.41) is 0. The van der Waals surface area contributed by atoms with E-state index in [2.05, 4.69) is 0 Å². The summed E-state index contributed by atoms with van der Waals surface area (Å²) in [4.78, 5) is 0. The number of rotatable bonds is 0. The molecule has 0 heterocycles. The second-order valence-corrected chi connectivity index (χ2v) is 0. The van der Waals surface area contributed by atoms with E-state index in [-0.39, 0.29) is 52.0 Å². The first-order chi connectivity index (χ1) is 1.00. The average Bonchev–Trinajstić information content (AvgIpc) is 1.00. The van der Waals surface area contributed by atoms with Gasteiger partial charge in [0.05, 0.1) is 0 Å². The molecule has 0 amide bonds. The molecule has 0 spiro atoms. The summed E-state index contributed by atoms with van der Waals surface area (Å²) in [6, 6.07) is 0. The van der Waals surface area contributed by atoms with Crippen LogP contribution in [0.25, 0.3) is 0 Å². The molecule has 0 atom stereocenters. The normalized spacial score (nSPS) is 1.50. The molecule has 0 aromatic heterocycles. The van der Waals surface area contributed by atoms with Crippen LogP contribution in [-0.2, 0) is 0 Å². The molecule has 0 aliphatic carbocycles.